The minimum absolute atomic E-state index is 1.09. The molecule has 0 heterocycles. The summed E-state index contributed by atoms with van der Waals surface area (Å²) in [5.41, 5.74) is 3.84. The van der Waals surface area contributed by atoms with Gasteiger partial charge in [0.05, 0.1) is 0 Å². The number of rotatable bonds is 1. The summed E-state index contributed by atoms with van der Waals surface area (Å²) in [7, 11) is 0. The van der Waals surface area contributed by atoms with Crippen LogP contribution in [-0.4, -0.2) is 0 Å². The maximum absolute atomic E-state index is 3.49. The van der Waals surface area contributed by atoms with Crippen molar-refractivity contribution in [2.24, 2.45) is 0 Å². The largest absolute Gasteiger partial charge is 0.128 e. The van der Waals surface area contributed by atoms with E-state index in [1.54, 1.807) is 0 Å². The van der Waals surface area contributed by atoms with E-state index < -0.39 is 0 Å². The van der Waals surface area contributed by atoms with Gasteiger partial charge in [0.15, 0.2) is 0 Å². The van der Waals surface area contributed by atoms with Crippen molar-refractivity contribution in [2.75, 3.05) is 0 Å². The molecule has 0 saturated heterocycles. The molecule has 1 aromatic carbocycles. The van der Waals surface area contributed by atoms with Gasteiger partial charge < -0.3 is 0 Å². The van der Waals surface area contributed by atoms with E-state index in [0.29, 0.717) is 0 Å². The standard InChI is InChI=1S/C9H7Br/c1-2-3-8-4-6-9(10)7-5-8/h3-7H,1H2. The molecule has 1 aromatic rings. The van der Waals surface area contributed by atoms with E-state index in [1.165, 1.54) is 0 Å². The first-order valence-corrected chi connectivity index (χ1v) is 3.73. The van der Waals surface area contributed by atoms with Gasteiger partial charge in [0.2, 0.25) is 0 Å². The Morgan fingerprint density at radius 1 is 1.30 bits per heavy atom. The SMILES string of the molecule is C=C=Cc1ccc(Br)cc1. The molecule has 0 radical (unpaired) electrons. The molecule has 10 heavy (non-hydrogen) atoms. The predicted octanol–water partition coefficient (Wildman–Crippen LogP) is 3.25. The summed E-state index contributed by atoms with van der Waals surface area (Å²) in [4.78, 5) is 0. The second-order valence-corrected chi connectivity index (χ2v) is 2.82. The van der Waals surface area contributed by atoms with Gasteiger partial charge in [-0.3, -0.25) is 0 Å². The van der Waals surface area contributed by atoms with E-state index in [9.17, 15) is 0 Å². The van der Waals surface area contributed by atoms with Crippen LogP contribution in [-0.2, 0) is 0 Å². The van der Waals surface area contributed by atoms with Crippen LogP contribution < -0.4 is 0 Å². The monoisotopic (exact) mass is 194 g/mol. The summed E-state index contributed by atoms with van der Waals surface area (Å²) in [6, 6.07) is 7.98. The molecule has 1 heteroatoms. The van der Waals surface area contributed by atoms with Gasteiger partial charge in [-0.25, -0.2) is 0 Å². The second kappa shape index (κ2) is 3.40. The number of halogens is 1. The molecule has 0 nitrogen and oxygen atoms in total. The Morgan fingerprint density at radius 3 is 2.40 bits per heavy atom. The Bertz CT molecular complexity index is 253. The molecule has 0 atom stereocenters. The van der Waals surface area contributed by atoms with E-state index in [2.05, 4.69) is 28.2 Å². The van der Waals surface area contributed by atoms with Crippen molar-refractivity contribution < 1.29 is 0 Å². The molecule has 0 aliphatic heterocycles. The lowest BCUT2D eigenvalue weighted by atomic mass is 10.2. The minimum atomic E-state index is 1.09. The van der Waals surface area contributed by atoms with Crippen molar-refractivity contribution in [3.8, 4) is 0 Å². The lowest BCUT2D eigenvalue weighted by Gasteiger charge is -1.89. The Labute approximate surface area is 69.0 Å². The molecule has 0 spiro atoms. The van der Waals surface area contributed by atoms with Gasteiger partial charge in [-0.1, -0.05) is 34.6 Å². The molecule has 0 amide bonds. The number of hydrogen-bond acceptors (Lipinski definition) is 0. The fraction of sp³-hybridized carbons (Fsp3) is 0. The van der Waals surface area contributed by atoms with Gasteiger partial charge in [-0.05, 0) is 23.8 Å². The van der Waals surface area contributed by atoms with Crippen LogP contribution in [0.25, 0.3) is 6.08 Å². The van der Waals surface area contributed by atoms with E-state index in [1.807, 2.05) is 30.3 Å². The molecule has 0 N–H and O–H groups in total. The molecule has 0 unspecified atom stereocenters. The first-order chi connectivity index (χ1) is 4.83. The number of hydrogen-bond donors (Lipinski definition) is 0. The van der Waals surface area contributed by atoms with Crippen LogP contribution in [0.1, 0.15) is 5.56 Å². The zero-order chi connectivity index (χ0) is 7.40. The van der Waals surface area contributed by atoms with E-state index in [4.69, 9.17) is 0 Å². The van der Waals surface area contributed by atoms with Crippen molar-refractivity contribution >= 4 is 22.0 Å². The fourth-order valence-corrected chi connectivity index (χ4v) is 0.941. The van der Waals surface area contributed by atoms with Crippen molar-refractivity contribution in [2.45, 2.75) is 0 Å². The van der Waals surface area contributed by atoms with E-state index in [0.717, 1.165) is 10.0 Å². The van der Waals surface area contributed by atoms with Crippen molar-refractivity contribution in [3.05, 3.63) is 46.6 Å². The van der Waals surface area contributed by atoms with Crippen LogP contribution in [0.15, 0.2) is 41.0 Å². The van der Waals surface area contributed by atoms with Crippen LogP contribution in [0.3, 0.4) is 0 Å². The van der Waals surface area contributed by atoms with Gasteiger partial charge in [0.1, 0.15) is 0 Å². The maximum Gasteiger partial charge on any atom is 0.0175 e. The molecule has 50 valence electrons. The van der Waals surface area contributed by atoms with Gasteiger partial charge in [0.25, 0.3) is 0 Å². The molecular formula is C9H7Br. The fourth-order valence-electron chi connectivity index (χ4n) is 0.677. The van der Waals surface area contributed by atoms with Gasteiger partial charge >= 0.3 is 0 Å². The third kappa shape index (κ3) is 1.87. The van der Waals surface area contributed by atoms with Crippen molar-refractivity contribution in [3.63, 3.8) is 0 Å². The van der Waals surface area contributed by atoms with Crippen molar-refractivity contribution in [1.82, 2.24) is 0 Å². The maximum atomic E-state index is 3.49. The molecular weight excluding hydrogens is 188 g/mol. The Balaban J connectivity index is 3.00. The highest BCUT2D eigenvalue weighted by Gasteiger charge is 1.84. The highest BCUT2D eigenvalue weighted by Crippen LogP contribution is 2.10. The van der Waals surface area contributed by atoms with E-state index in [-0.39, 0.29) is 0 Å². The predicted molar refractivity (Wildman–Crippen MR) is 47.7 cm³/mol. The summed E-state index contributed by atoms with van der Waals surface area (Å²) in [6.07, 6.45) is 1.84. The zero-order valence-corrected chi connectivity index (χ0v) is 7.06. The minimum Gasteiger partial charge on any atom is -0.128 e. The third-order valence-corrected chi connectivity index (χ3v) is 1.67. The molecule has 1 rings (SSSR count). The topological polar surface area (TPSA) is 0 Å². The first kappa shape index (κ1) is 7.33. The molecule has 0 aliphatic rings. The molecule has 0 fully saturated rings. The molecule has 0 bridgehead atoms. The van der Waals surface area contributed by atoms with Gasteiger partial charge in [-0.15, -0.1) is 5.73 Å². The van der Waals surface area contributed by atoms with E-state index >= 15 is 0 Å². The second-order valence-electron chi connectivity index (χ2n) is 1.90. The summed E-state index contributed by atoms with van der Waals surface area (Å²) in [5, 5.41) is 0. The zero-order valence-electron chi connectivity index (χ0n) is 5.47. The average Bonchev–Trinajstić information content (AvgIpc) is 1.95. The smallest absolute Gasteiger partial charge is 0.0175 e. The first-order valence-electron chi connectivity index (χ1n) is 2.94. The van der Waals surface area contributed by atoms with Gasteiger partial charge in [-0.2, -0.15) is 0 Å². The number of benzene rings is 1. The summed E-state index contributed by atoms with van der Waals surface area (Å²) >= 11 is 3.35. The highest BCUT2D eigenvalue weighted by molar-refractivity contribution is 9.10. The quantitative estimate of drug-likeness (QED) is 0.603. The normalized spacial score (nSPS) is 8.50. The van der Waals surface area contributed by atoms with Crippen LogP contribution >= 0.6 is 15.9 Å². The lowest BCUT2D eigenvalue weighted by molar-refractivity contribution is 1.62. The third-order valence-electron chi connectivity index (χ3n) is 1.14. The molecule has 0 aromatic heterocycles. The Morgan fingerprint density at radius 2 is 1.90 bits per heavy atom. The highest BCUT2D eigenvalue weighted by atomic mass is 79.9. The van der Waals surface area contributed by atoms with Crippen LogP contribution in [0.2, 0.25) is 0 Å². The molecule has 0 aliphatic carbocycles. The molecule has 0 saturated carbocycles. The summed E-state index contributed by atoms with van der Waals surface area (Å²) in [5.74, 6) is 0. The summed E-state index contributed by atoms with van der Waals surface area (Å²) in [6.45, 7) is 3.49. The van der Waals surface area contributed by atoms with Crippen LogP contribution in [0.5, 0.6) is 0 Å². The Hall–Kier alpha value is -0.780. The summed E-state index contributed by atoms with van der Waals surface area (Å²) < 4.78 is 1.09. The Kier molecular flexibility index (Phi) is 2.49. The lowest BCUT2D eigenvalue weighted by Crippen LogP contribution is -1.67. The average molecular weight is 195 g/mol. The van der Waals surface area contributed by atoms with Gasteiger partial charge in [0, 0.05) is 4.47 Å². The van der Waals surface area contributed by atoms with Crippen LogP contribution in [0.4, 0.5) is 0 Å². The van der Waals surface area contributed by atoms with Crippen LogP contribution in [0, 0.1) is 0 Å². The van der Waals surface area contributed by atoms with Crippen molar-refractivity contribution in [1.29, 1.82) is 0 Å².